The second-order valence-corrected chi connectivity index (χ2v) is 6.51. The van der Waals surface area contributed by atoms with Gasteiger partial charge in [-0.2, -0.15) is 0 Å². The highest BCUT2D eigenvalue weighted by atomic mass is 15.2. The third kappa shape index (κ3) is 10.0. The molecule has 0 spiro atoms. The van der Waals surface area contributed by atoms with Crippen LogP contribution in [0.3, 0.4) is 0 Å². The maximum Gasteiger partial charge on any atom is 0.191 e. The number of guanidine groups is 1. The molecule has 0 radical (unpaired) electrons. The van der Waals surface area contributed by atoms with Crippen LogP contribution >= 0.6 is 0 Å². The zero-order valence-corrected chi connectivity index (χ0v) is 15.9. The molecule has 0 heterocycles. The van der Waals surface area contributed by atoms with Crippen molar-refractivity contribution in [1.82, 2.24) is 20.4 Å². The maximum absolute atomic E-state index is 4.29. The van der Waals surface area contributed by atoms with Crippen LogP contribution in [-0.2, 0) is 0 Å². The Morgan fingerprint density at radius 2 is 1.50 bits per heavy atom. The van der Waals surface area contributed by atoms with Gasteiger partial charge in [-0.15, -0.1) is 0 Å². The Hall–Kier alpha value is -0.810. The molecule has 0 aromatic carbocycles. The lowest BCUT2D eigenvalue weighted by Crippen LogP contribution is -2.46. The summed E-state index contributed by atoms with van der Waals surface area (Å²) in [6.07, 6.45) is 2.52. The normalized spacial score (nSPS) is 12.8. The largest absolute Gasteiger partial charge is 0.355 e. The van der Waals surface area contributed by atoms with Gasteiger partial charge < -0.3 is 15.5 Å². The summed E-state index contributed by atoms with van der Waals surface area (Å²) in [5.41, 5.74) is 0. The van der Waals surface area contributed by atoms with Crippen LogP contribution in [0, 0.1) is 0 Å². The second kappa shape index (κ2) is 12.7. The summed E-state index contributed by atoms with van der Waals surface area (Å²) in [5, 5.41) is 6.79. The quantitative estimate of drug-likeness (QED) is 0.452. The van der Waals surface area contributed by atoms with Crippen molar-refractivity contribution in [2.24, 2.45) is 4.99 Å². The van der Waals surface area contributed by atoms with Gasteiger partial charge in [-0.3, -0.25) is 9.89 Å². The van der Waals surface area contributed by atoms with Crippen LogP contribution < -0.4 is 10.6 Å². The van der Waals surface area contributed by atoms with Crippen molar-refractivity contribution in [3.63, 3.8) is 0 Å². The molecule has 0 saturated carbocycles. The molecule has 0 unspecified atom stereocenters. The Morgan fingerprint density at radius 1 is 0.955 bits per heavy atom. The van der Waals surface area contributed by atoms with Gasteiger partial charge in [0.2, 0.25) is 0 Å². The van der Waals surface area contributed by atoms with Crippen molar-refractivity contribution in [3.8, 4) is 0 Å². The molecule has 0 bridgehead atoms. The van der Waals surface area contributed by atoms with Gasteiger partial charge in [0.1, 0.15) is 0 Å². The number of likely N-dealkylation sites (N-methyl/N-ethyl adjacent to an activating group) is 1. The van der Waals surface area contributed by atoms with Gasteiger partial charge in [0.25, 0.3) is 0 Å². The van der Waals surface area contributed by atoms with Crippen LogP contribution in [0.25, 0.3) is 0 Å². The van der Waals surface area contributed by atoms with E-state index in [1.807, 2.05) is 7.05 Å². The molecule has 0 aliphatic carbocycles. The van der Waals surface area contributed by atoms with Crippen LogP contribution in [0.15, 0.2) is 4.99 Å². The molecule has 0 saturated heterocycles. The van der Waals surface area contributed by atoms with Crippen LogP contribution in [0.5, 0.6) is 0 Å². The van der Waals surface area contributed by atoms with E-state index in [-0.39, 0.29) is 0 Å². The average Bonchev–Trinajstić information content (AvgIpc) is 2.46. The Balaban J connectivity index is 3.93. The fraction of sp³-hybridized carbons (Fsp3) is 0.941. The van der Waals surface area contributed by atoms with Gasteiger partial charge in [0, 0.05) is 45.3 Å². The van der Waals surface area contributed by atoms with E-state index in [9.17, 15) is 0 Å². The summed E-state index contributed by atoms with van der Waals surface area (Å²) in [6, 6.07) is 1.15. The molecular formula is C17H39N5. The molecule has 5 heteroatoms. The summed E-state index contributed by atoms with van der Waals surface area (Å²) in [4.78, 5) is 9.14. The van der Waals surface area contributed by atoms with Crippen LogP contribution in [0.1, 0.15) is 47.5 Å². The van der Waals surface area contributed by atoms with Gasteiger partial charge in [-0.1, -0.05) is 13.3 Å². The van der Waals surface area contributed by atoms with Gasteiger partial charge in [-0.25, -0.2) is 0 Å². The molecule has 0 rings (SSSR count). The van der Waals surface area contributed by atoms with Crippen LogP contribution in [0.2, 0.25) is 0 Å². The Morgan fingerprint density at radius 3 is 1.95 bits per heavy atom. The predicted molar refractivity (Wildman–Crippen MR) is 98.7 cm³/mol. The summed E-state index contributed by atoms with van der Waals surface area (Å²) in [6.45, 7) is 16.3. The van der Waals surface area contributed by atoms with Crippen molar-refractivity contribution in [2.45, 2.75) is 59.5 Å². The van der Waals surface area contributed by atoms with E-state index >= 15 is 0 Å². The molecule has 0 aromatic heterocycles. The SMILES string of the molecule is CCCCN(C)CCNC(=NC)NCCN(C(C)C)C(C)C. The molecule has 0 atom stereocenters. The monoisotopic (exact) mass is 313 g/mol. The summed E-state index contributed by atoms with van der Waals surface area (Å²) in [5.74, 6) is 0.899. The average molecular weight is 314 g/mol. The lowest BCUT2D eigenvalue weighted by Gasteiger charge is -2.30. The molecule has 2 N–H and O–H groups in total. The van der Waals surface area contributed by atoms with E-state index in [1.165, 1.54) is 19.4 Å². The van der Waals surface area contributed by atoms with Gasteiger partial charge in [0.15, 0.2) is 5.96 Å². The van der Waals surface area contributed by atoms with E-state index in [4.69, 9.17) is 0 Å². The maximum atomic E-state index is 4.29. The van der Waals surface area contributed by atoms with Crippen molar-refractivity contribution >= 4 is 5.96 Å². The van der Waals surface area contributed by atoms with Crippen molar-refractivity contribution in [2.75, 3.05) is 46.8 Å². The third-order valence-electron chi connectivity index (χ3n) is 3.89. The zero-order valence-electron chi connectivity index (χ0n) is 15.9. The molecule has 22 heavy (non-hydrogen) atoms. The first-order chi connectivity index (χ1) is 10.4. The number of nitrogens with one attached hydrogen (secondary N) is 2. The van der Waals surface area contributed by atoms with Gasteiger partial charge in [-0.05, 0) is 47.7 Å². The molecule has 0 amide bonds. The van der Waals surface area contributed by atoms with E-state index in [0.29, 0.717) is 12.1 Å². The molecule has 0 aliphatic heterocycles. The summed E-state index contributed by atoms with van der Waals surface area (Å²) >= 11 is 0. The number of hydrogen-bond acceptors (Lipinski definition) is 3. The van der Waals surface area contributed by atoms with E-state index in [1.54, 1.807) is 0 Å². The minimum Gasteiger partial charge on any atom is -0.355 e. The van der Waals surface area contributed by atoms with Gasteiger partial charge >= 0.3 is 0 Å². The lowest BCUT2D eigenvalue weighted by molar-refractivity contribution is 0.178. The summed E-state index contributed by atoms with van der Waals surface area (Å²) in [7, 11) is 4.01. The van der Waals surface area contributed by atoms with Crippen molar-refractivity contribution < 1.29 is 0 Å². The molecular weight excluding hydrogens is 274 g/mol. The second-order valence-electron chi connectivity index (χ2n) is 6.51. The van der Waals surface area contributed by atoms with E-state index < -0.39 is 0 Å². The standard InChI is InChI=1S/C17H39N5/c1-8-9-12-21(7)13-10-19-17(18-6)20-11-14-22(15(2)3)16(4)5/h15-16H,8-14H2,1-7H3,(H2,18,19,20). The van der Waals surface area contributed by atoms with Gasteiger partial charge in [0.05, 0.1) is 0 Å². The predicted octanol–water partition coefficient (Wildman–Crippen LogP) is 2.00. The molecule has 0 aromatic rings. The molecule has 0 fully saturated rings. The number of nitrogens with zero attached hydrogens (tertiary/aromatic N) is 3. The van der Waals surface area contributed by atoms with Crippen LogP contribution in [0.4, 0.5) is 0 Å². The first kappa shape index (κ1) is 21.2. The lowest BCUT2D eigenvalue weighted by atomic mass is 10.2. The Labute approximate surface area is 138 Å². The Bertz CT molecular complexity index is 281. The summed E-state index contributed by atoms with van der Waals surface area (Å²) < 4.78 is 0. The highest BCUT2D eigenvalue weighted by molar-refractivity contribution is 5.79. The minimum atomic E-state index is 0.573. The number of rotatable bonds is 11. The molecule has 5 nitrogen and oxygen atoms in total. The topological polar surface area (TPSA) is 42.9 Å². The number of unbranched alkanes of at least 4 members (excludes halogenated alkanes) is 1. The fourth-order valence-corrected chi connectivity index (χ4v) is 2.54. The molecule has 0 aliphatic rings. The fourth-order valence-electron chi connectivity index (χ4n) is 2.54. The highest BCUT2D eigenvalue weighted by Gasteiger charge is 2.12. The van der Waals surface area contributed by atoms with E-state index in [0.717, 1.165) is 32.1 Å². The first-order valence-corrected chi connectivity index (χ1v) is 8.81. The van der Waals surface area contributed by atoms with Crippen LogP contribution in [-0.4, -0.2) is 74.7 Å². The molecule has 132 valence electrons. The minimum absolute atomic E-state index is 0.573. The first-order valence-electron chi connectivity index (χ1n) is 8.81. The number of hydrogen-bond donors (Lipinski definition) is 2. The zero-order chi connectivity index (χ0) is 17.0. The number of aliphatic imine (C=N–C) groups is 1. The Kier molecular flexibility index (Phi) is 12.2. The van der Waals surface area contributed by atoms with E-state index in [2.05, 4.69) is 67.1 Å². The smallest absolute Gasteiger partial charge is 0.191 e. The highest BCUT2D eigenvalue weighted by Crippen LogP contribution is 2.03. The van der Waals surface area contributed by atoms with Crippen molar-refractivity contribution in [1.29, 1.82) is 0 Å². The van der Waals surface area contributed by atoms with Crippen molar-refractivity contribution in [3.05, 3.63) is 0 Å². The third-order valence-corrected chi connectivity index (χ3v) is 3.89.